The SMILES string of the molecule is COc1ccccc1/C=C1\OC(=O)C(c2sc(-c3ccccc3)nc2C)=C1c1c(C)sc2ccccc12. The van der Waals surface area contributed by atoms with Gasteiger partial charge in [0.1, 0.15) is 16.5 Å². The third kappa shape index (κ3) is 4.08. The summed E-state index contributed by atoms with van der Waals surface area (Å²) in [5.41, 5.74) is 5.06. The van der Waals surface area contributed by atoms with Crippen LogP contribution in [0.2, 0.25) is 0 Å². The Morgan fingerprint density at radius 3 is 2.41 bits per heavy atom. The van der Waals surface area contributed by atoms with Crippen molar-refractivity contribution in [2.75, 3.05) is 7.11 Å². The number of para-hydroxylation sites is 1. The van der Waals surface area contributed by atoms with Gasteiger partial charge in [0.05, 0.1) is 23.3 Å². The molecule has 0 radical (unpaired) electrons. The fourth-order valence-electron chi connectivity index (χ4n) is 4.72. The van der Waals surface area contributed by atoms with Gasteiger partial charge in [-0.2, -0.15) is 0 Å². The zero-order chi connectivity index (χ0) is 25.5. The minimum absolute atomic E-state index is 0.364. The Kier molecular flexibility index (Phi) is 5.99. The molecule has 5 aromatic rings. The Morgan fingerprint density at radius 1 is 0.865 bits per heavy atom. The Morgan fingerprint density at radius 2 is 1.59 bits per heavy atom. The van der Waals surface area contributed by atoms with E-state index in [1.807, 2.05) is 79.7 Å². The Hall–Kier alpha value is -4.00. The van der Waals surface area contributed by atoms with Crippen LogP contribution in [0.15, 0.2) is 84.6 Å². The van der Waals surface area contributed by atoms with E-state index in [2.05, 4.69) is 19.1 Å². The highest BCUT2D eigenvalue weighted by Gasteiger charge is 2.36. The molecule has 0 unspecified atom stereocenters. The zero-order valence-electron chi connectivity index (χ0n) is 20.6. The number of hydrogen-bond acceptors (Lipinski definition) is 6. The first-order valence-electron chi connectivity index (χ1n) is 11.9. The van der Waals surface area contributed by atoms with Gasteiger partial charge in [-0.15, -0.1) is 22.7 Å². The van der Waals surface area contributed by atoms with Crippen LogP contribution in [0.1, 0.15) is 26.6 Å². The Balaban J connectivity index is 1.64. The van der Waals surface area contributed by atoms with Gasteiger partial charge in [-0.05, 0) is 32.1 Å². The molecule has 1 aliphatic heterocycles. The highest BCUT2D eigenvalue weighted by Crippen LogP contribution is 2.48. The highest BCUT2D eigenvalue weighted by atomic mass is 32.1. The third-order valence-corrected chi connectivity index (χ3v) is 8.70. The predicted octanol–water partition coefficient (Wildman–Crippen LogP) is 8.16. The number of methoxy groups -OCH3 is 1. The maximum Gasteiger partial charge on any atom is 0.345 e. The number of nitrogens with zero attached hydrogens (tertiary/aromatic N) is 1. The van der Waals surface area contributed by atoms with Crippen molar-refractivity contribution in [3.05, 3.63) is 111 Å². The molecule has 37 heavy (non-hydrogen) atoms. The van der Waals surface area contributed by atoms with Gasteiger partial charge in [0, 0.05) is 37.2 Å². The second-order valence-electron chi connectivity index (χ2n) is 8.72. The molecule has 0 N–H and O–H groups in total. The van der Waals surface area contributed by atoms with E-state index in [-0.39, 0.29) is 5.97 Å². The number of thiophene rings is 1. The van der Waals surface area contributed by atoms with Crippen LogP contribution in [-0.2, 0) is 9.53 Å². The van der Waals surface area contributed by atoms with Gasteiger partial charge in [-0.25, -0.2) is 9.78 Å². The topological polar surface area (TPSA) is 48.4 Å². The molecule has 0 fully saturated rings. The van der Waals surface area contributed by atoms with E-state index in [0.717, 1.165) is 48.1 Å². The molecule has 182 valence electrons. The van der Waals surface area contributed by atoms with E-state index in [1.54, 1.807) is 18.4 Å². The van der Waals surface area contributed by atoms with E-state index in [9.17, 15) is 4.79 Å². The maximum absolute atomic E-state index is 13.6. The quantitative estimate of drug-likeness (QED) is 0.219. The maximum atomic E-state index is 13.6. The lowest BCUT2D eigenvalue weighted by Gasteiger charge is -2.09. The van der Waals surface area contributed by atoms with Gasteiger partial charge in [-0.3, -0.25) is 0 Å². The molecule has 2 aromatic heterocycles. The van der Waals surface area contributed by atoms with Crippen LogP contribution in [0.5, 0.6) is 5.75 Å². The second kappa shape index (κ2) is 9.47. The van der Waals surface area contributed by atoms with Crippen LogP contribution in [0, 0.1) is 13.8 Å². The number of esters is 1. The van der Waals surface area contributed by atoms with Gasteiger partial charge in [0.25, 0.3) is 0 Å². The molecule has 6 heteroatoms. The van der Waals surface area contributed by atoms with Crippen molar-refractivity contribution in [2.24, 2.45) is 0 Å². The van der Waals surface area contributed by atoms with E-state index in [1.165, 1.54) is 16.0 Å². The highest BCUT2D eigenvalue weighted by molar-refractivity contribution is 7.19. The number of carbonyl (C=O) groups is 1. The predicted molar refractivity (Wildman–Crippen MR) is 153 cm³/mol. The van der Waals surface area contributed by atoms with Crippen LogP contribution in [-0.4, -0.2) is 18.1 Å². The molecule has 0 saturated heterocycles. The van der Waals surface area contributed by atoms with Crippen LogP contribution in [0.25, 0.3) is 37.9 Å². The summed E-state index contributed by atoms with van der Waals surface area (Å²) in [7, 11) is 1.64. The van der Waals surface area contributed by atoms with Crippen LogP contribution in [0.4, 0.5) is 0 Å². The first-order chi connectivity index (χ1) is 18.0. The number of benzene rings is 3. The van der Waals surface area contributed by atoms with Crippen LogP contribution >= 0.6 is 22.7 Å². The first kappa shape index (κ1) is 23.4. The Bertz CT molecular complexity index is 1720. The minimum atomic E-state index is -0.364. The molecule has 0 atom stereocenters. The zero-order valence-corrected chi connectivity index (χ0v) is 22.2. The van der Waals surface area contributed by atoms with Gasteiger partial charge in [0.2, 0.25) is 0 Å². The van der Waals surface area contributed by atoms with Crippen LogP contribution < -0.4 is 4.74 Å². The average molecular weight is 522 g/mol. The number of cyclic esters (lactones) is 1. The molecule has 0 saturated carbocycles. The van der Waals surface area contributed by atoms with Gasteiger partial charge in [-0.1, -0.05) is 66.7 Å². The van der Waals surface area contributed by atoms with E-state index in [4.69, 9.17) is 14.5 Å². The number of carbonyl (C=O) groups excluding carboxylic acids is 1. The molecular formula is C31H23NO3S2. The lowest BCUT2D eigenvalue weighted by Crippen LogP contribution is -1.98. The largest absolute Gasteiger partial charge is 0.496 e. The van der Waals surface area contributed by atoms with Gasteiger partial charge >= 0.3 is 5.97 Å². The smallest absolute Gasteiger partial charge is 0.345 e. The van der Waals surface area contributed by atoms with Gasteiger partial charge in [0.15, 0.2) is 0 Å². The number of allylic oxidation sites excluding steroid dienone is 1. The second-order valence-corrected chi connectivity index (χ2v) is 11.0. The molecule has 0 spiro atoms. The third-order valence-electron chi connectivity index (χ3n) is 6.39. The monoisotopic (exact) mass is 521 g/mol. The number of rotatable bonds is 5. The molecule has 1 aliphatic rings. The standard InChI is InChI=1S/C31H23NO3S2/c1-18-29(37-30(32-18)20-11-5-4-6-12-20)28-27(26-19(2)36-25-16-10-8-14-22(25)26)24(35-31(28)33)17-21-13-7-9-15-23(21)34-3/h4-17H,1-3H3/b24-17-. The normalized spacial score (nSPS) is 14.6. The van der Waals surface area contributed by atoms with Crippen molar-refractivity contribution in [2.45, 2.75) is 13.8 Å². The average Bonchev–Trinajstić information content (AvgIpc) is 3.56. The summed E-state index contributed by atoms with van der Waals surface area (Å²) in [5, 5.41) is 1.98. The summed E-state index contributed by atoms with van der Waals surface area (Å²) < 4.78 is 12.8. The number of thiazole rings is 1. The molecular weight excluding hydrogens is 498 g/mol. The lowest BCUT2D eigenvalue weighted by molar-refractivity contribution is -0.131. The van der Waals surface area contributed by atoms with E-state index in [0.29, 0.717) is 17.1 Å². The summed E-state index contributed by atoms with van der Waals surface area (Å²) in [5.74, 6) is 0.869. The molecule has 0 amide bonds. The van der Waals surface area contributed by atoms with Crippen molar-refractivity contribution in [3.63, 3.8) is 0 Å². The number of ether oxygens (including phenoxy) is 2. The number of aryl methyl sites for hydroxylation is 2. The van der Waals surface area contributed by atoms with Gasteiger partial charge < -0.3 is 9.47 Å². The first-order valence-corrected chi connectivity index (χ1v) is 13.5. The number of aromatic nitrogens is 1. The van der Waals surface area contributed by atoms with E-state index < -0.39 is 0 Å². The van der Waals surface area contributed by atoms with Crippen molar-refractivity contribution in [3.8, 4) is 16.3 Å². The van der Waals surface area contributed by atoms with Crippen molar-refractivity contribution >= 4 is 56.0 Å². The van der Waals surface area contributed by atoms with Crippen LogP contribution in [0.3, 0.4) is 0 Å². The minimum Gasteiger partial charge on any atom is -0.496 e. The molecule has 0 bridgehead atoms. The molecule has 3 heterocycles. The summed E-state index contributed by atoms with van der Waals surface area (Å²) in [6, 6.07) is 26.1. The molecule has 4 nitrogen and oxygen atoms in total. The summed E-state index contributed by atoms with van der Waals surface area (Å²) in [6.45, 7) is 4.06. The lowest BCUT2D eigenvalue weighted by atomic mass is 9.95. The summed E-state index contributed by atoms with van der Waals surface area (Å²) >= 11 is 3.24. The summed E-state index contributed by atoms with van der Waals surface area (Å²) in [4.78, 5) is 20.4. The summed E-state index contributed by atoms with van der Waals surface area (Å²) in [6.07, 6.45) is 1.90. The Labute approximate surface area is 223 Å². The van der Waals surface area contributed by atoms with Crippen molar-refractivity contribution in [1.82, 2.24) is 4.98 Å². The van der Waals surface area contributed by atoms with Crippen molar-refractivity contribution < 1.29 is 14.3 Å². The van der Waals surface area contributed by atoms with E-state index >= 15 is 0 Å². The van der Waals surface area contributed by atoms with Crippen molar-refractivity contribution in [1.29, 1.82) is 0 Å². The number of hydrogen-bond donors (Lipinski definition) is 0. The number of fused-ring (bicyclic) bond motifs is 1. The fraction of sp³-hybridized carbons (Fsp3) is 0.0968. The molecule has 3 aromatic carbocycles. The molecule has 6 rings (SSSR count). The molecule has 0 aliphatic carbocycles. The fourth-order valence-corrected chi connectivity index (χ4v) is 6.90.